The Kier molecular flexibility index (Phi) is 4.97. The SMILES string of the molecule is Cc1ccc(-c2nc(CC(=O)Nc3cc(Cl)ccc3C)cs2)cc1. The van der Waals surface area contributed by atoms with Gasteiger partial charge in [0, 0.05) is 21.7 Å². The zero-order chi connectivity index (χ0) is 17.1. The molecule has 0 saturated heterocycles. The maximum Gasteiger partial charge on any atom is 0.230 e. The molecule has 0 spiro atoms. The van der Waals surface area contributed by atoms with Crippen LogP contribution in [0.2, 0.25) is 5.02 Å². The molecule has 1 heterocycles. The third-order valence-electron chi connectivity index (χ3n) is 3.67. The fourth-order valence-corrected chi connectivity index (χ4v) is 3.30. The number of amides is 1. The quantitative estimate of drug-likeness (QED) is 0.692. The first-order valence-corrected chi connectivity index (χ1v) is 8.84. The minimum atomic E-state index is -0.0962. The van der Waals surface area contributed by atoms with Crippen LogP contribution in [-0.4, -0.2) is 10.9 Å². The maximum absolute atomic E-state index is 12.2. The van der Waals surface area contributed by atoms with Gasteiger partial charge in [-0.3, -0.25) is 4.79 Å². The van der Waals surface area contributed by atoms with Crippen LogP contribution in [0.5, 0.6) is 0 Å². The first kappa shape index (κ1) is 16.7. The van der Waals surface area contributed by atoms with Crippen molar-refractivity contribution in [3.8, 4) is 10.6 Å². The van der Waals surface area contributed by atoms with Gasteiger partial charge < -0.3 is 5.32 Å². The molecule has 1 N–H and O–H groups in total. The summed E-state index contributed by atoms with van der Waals surface area (Å²) in [5.74, 6) is -0.0962. The number of nitrogens with one attached hydrogen (secondary N) is 1. The van der Waals surface area contributed by atoms with E-state index >= 15 is 0 Å². The molecule has 0 unspecified atom stereocenters. The third-order valence-corrected chi connectivity index (χ3v) is 4.84. The molecule has 1 aromatic heterocycles. The third kappa shape index (κ3) is 4.02. The van der Waals surface area contributed by atoms with E-state index in [9.17, 15) is 4.79 Å². The molecule has 0 aliphatic heterocycles. The van der Waals surface area contributed by atoms with Crippen LogP contribution in [0.25, 0.3) is 10.6 Å². The van der Waals surface area contributed by atoms with Crippen LogP contribution in [0.1, 0.15) is 16.8 Å². The average Bonchev–Trinajstić information content (AvgIpc) is 3.00. The van der Waals surface area contributed by atoms with Gasteiger partial charge in [0.1, 0.15) is 5.01 Å². The Morgan fingerprint density at radius 1 is 1.17 bits per heavy atom. The molecule has 2 aromatic carbocycles. The molecule has 3 aromatic rings. The van der Waals surface area contributed by atoms with Crippen molar-refractivity contribution in [2.75, 3.05) is 5.32 Å². The van der Waals surface area contributed by atoms with Crippen molar-refractivity contribution in [1.82, 2.24) is 4.98 Å². The highest BCUT2D eigenvalue weighted by Gasteiger charge is 2.10. The number of aromatic nitrogens is 1. The monoisotopic (exact) mass is 356 g/mol. The van der Waals surface area contributed by atoms with Gasteiger partial charge in [-0.1, -0.05) is 47.5 Å². The summed E-state index contributed by atoms with van der Waals surface area (Å²) in [6, 6.07) is 13.7. The van der Waals surface area contributed by atoms with Crippen LogP contribution < -0.4 is 5.32 Å². The van der Waals surface area contributed by atoms with E-state index in [1.807, 2.05) is 30.5 Å². The lowest BCUT2D eigenvalue weighted by molar-refractivity contribution is -0.115. The van der Waals surface area contributed by atoms with Gasteiger partial charge in [-0.15, -0.1) is 11.3 Å². The van der Waals surface area contributed by atoms with Crippen LogP contribution >= 0.6 is 22.9 Å². The molecular formula is C19H17ClN2OS. The molecule has 0 radical (unpaired) electrons. The van der Waals surface area contributed by atoms with Crippen molar-refractivity contribution < 1.29 is 4.79 Å². The van der Waals surface area contributed by atoms with Gasteiger partial charge in [0.05, 0.1) is 12.1 Å². The summed E-state index contributed by atoms with van der Waals surface area (Å²) in [6.07, 6.45) is 0.244. The Hall–Kier alpha value is -2.17. The van der Waals surface area contributed by atoms with Gasteiger partial charge in [-0.2, -0.15) is 0 Å². The second-order valence-corrected chi connectivity index (χ2v) is 6.99. The number of carbonyl (C=O) groups is 1. The fourth-order valence-electron chi connectivity index (χ4n) is 2.30. The number of hydrogen-bond acceptors (Lipinski definition) is 3. The molecule has 122 valence electrons. The molecule has 0 fully saturated rings. The number of nitrogens with zero attached hydrogens (tertiary/aromatic N) is 1. The van der Waals surface area contributed by atoms with Crippen molar-refractivity contribution in [3.63, 3.8) is 0 Å². The molecule has 1 amide bonds. The van der Waals surface area contributed by atoms with E-state index in [2.05, 4.69) is 29.4 Å². The van der Waals surface area contributed by atoms with Gasteiger partial charge in [-0.05, 0) is 31.5 Å². The standard InChI is InChI=1S/C19H17ClN2OS/c1-12-3-6-14(7-4-12)19-21-16(11-24-19)10-18(23)22-17-9-15(20)8-5-13(17)2/h3-9,11H,10H2,1-2H3,(H,22,23). The summed E-state index contributed by atoms with van der Waals surface area (Å²) in [5, 5.41) is 6.36. The highest BCUT2D eigenvalue weighted by Crippen LogP contribution is 2.25. The van der Waals surface area contributed by atoms with Crippen LogP contribution in [0.15, 0.2) is 47.8 Å². The lowest BCUT2D eigenvalue weighted by Crippen LogP contribution is -2.15. The van der Waals surface area contributed by atoms with Crippen molar-refractivity contribution in [3.05, 3.63) is 69.7 Å². The number of benzene rings is 2. The number of halogens is 1. The van der Waals surface area contributed by atoms with Gasteiger partial charge in [0.25, 0.3) is 0 Å². The zero-order valence-corrected chi connectivity index (χ0v) is 15.0. The first-order chi connectivity index (χ1) is 11.5. The number of thiazole rings is 1. The molecule has 5 heteroatoms. The molecule has 3 nitrogen and oxygen atoms in total. The zero-order valence-electron chi connectivity index (χ0n) is 13.5. The minimum absolute atomic E-state index is 0.0962. The topological polar surface area (TPSA) is 42.0 Å². The molecule has 0 atom stereocenters. The van der Waals surface area contributed by atoms with Crippen molar-refractivity contribution in [2.24, 2.45) is 0 Å². The van der Waals surface area contributed by atoms with Crippen LogP contribution in [0.4, 0.5) is 5.69 Å². The number of aryl methyl sites for hydroxylation is 2. The molecule has 24 heavy (non-hydrogen) atoms. The van der Waals surface area contributed by atoms with E-state index < -0.39 is 0 Å². The van der Waals surface area contributed by atoms with Crippen LogP contribution in [0, 0.1) is 13.8 Å². The van der Waals surface area contributed by atoms with Gasteiger partial charge in [0.2, 0.25) is 5.91 Å². The highest BCUT2D eigenvalue weighted by molar-refractivity contribution is 7.13. The second kappa shape index (κ2) is 7.16. The summed E-state index contributed by atoms with van der Waals surface area (Å²) in [7, 11) is 0. The molecule has 3 rings (SSSR count). The van der Waals surface area contributed by atoms with Crippen molar-refractivity contribution >= 4 is 34.5 Å². The van der Waals surface area contributed by atoms with E-state index in [0.29, 0.717) is 5.02 Å². The molecule has 0 saturated carbocycles. The largest absolute Gasteiger partial charge is 0.325 e. The summed E-state index contributed by atoms with van der Waals surface area (Å²) in [6.45, 7) is 3.99. The van der Waals surface area contributed by atoms with Gasteiger partial charge >= 0.3 is 0 Å². The van der Waals surface area contributed by atoms with Crippen LogP contribution in [0.3, 0.4) is 0 Å². The summed E-state index contributed by atoms with van der Waals surface area (Å²) in [4.78, 5) is 16.8. The summed E-state index contributed by atoms with van der Waals surface area (Å²) >= 11 is 7.53. The number of hydrogen-bond donors (Lipinski definition) is 1. The summed E-state index contributed by atoms with van der Waals surface area (Å²) in [5.41, 5.74) is 4.77. The van der Waals surface area contributed by atoms with Gasteiger partial charge in [-0.25, -0.2) is 4.98 Å². The average molecular weight is 357 g/mol. The summed E-state index contributed by atoms with van der Waals surface area (Å²) < 4.78 is 0. The normalized spacial score (nSPS) is 10.6. The van der Waals surface area contributed by atoms with E-state index in [4.69, 9.17) is 11.6 Å². The van der Waals surface area contributed by atoms with E-state index in [1.165, 1.54) is 5.56 Å². The van der Waals surface area contributed by atoms with E-state index in [-0.39, 0.29) is 12.3 Å². The number of anilines is 1. The number of carbonyl (C=O) groups excluding carboxylic acids is 1. The highest BCUT2D eigenvalue weighted by atomic mass is 35.5. The lowest BCUT2D eigenvalue weighted by atomic mass is 10.1. The second-order valence-electron chi connectivity index (χ2n) is 5.69. The minimum Gasteiger partial charge on any atom is -0.325 e. The number of rotatable bonds is 4. The Morgan fingerprint density at radius 2 is 1.92 bits per heavy atom. The van der Waals surface area contributed by atoms with Crippen molar-refractivity contribution in [2.45, 2.75) is 20.3 Å². The van der Waals surface area contributed by atoms with Gasteiger partial charge in [0.15, 0.2) is 0 Å². The molecular weight excluding hydrogens is 340 g/mol. The predicted molar refractivity (Wildman–Crippen MR) is 101 cm³/mol. The van der Waals surface area contributed by atoms with E-state index in [1.54, 1.807) is 23.5 Å². The van der Waals surface area contributed by atoms with Crippen LogP contribution in [-0.2, 0) is 11.2 Å². The lowest BCUT2D eigenvalue weighted by Gasteiger charge is -2.08. The fraction of sp³-hybridized carbons (Fsp3) is 0.158. The maximum atomic E-state index is 12.2. The first-order valence-electron chi connectivity index (χ1n) is 7.59. The Morgan fingerprint density at radius 3 is 2.67 bits per heavy atom. The van der Waals surface area contributed by atoms with Crippen molar-refractivity contribution in [1.29, 1.82) is 0 Å². The Bertz CT molecular complexity index is 871. The van der Waals surface area contributed by atoms with E-state index in [0.717, 1.165) is 27.5 Å². The Labute approximate surface area is 150 Å². The molecule has 0 aliphatic rings. The molecule has 0 aliphatic carbocycles. The Balaban J connectivity index is 1.69. The molecule has 0 bridgehead atoms. The predicted octanol–water partition coefficient (Wildman–Crippen LogP) is 5.26. The smallest absolute Gasteiger partial charge is 0.230 e.